The van der Waals surface area contributed by atoms with Gasteiger partial charge in [-0.3, -0.25) is 14.6 Å². The zero-order chi connectivity index (χ0) is 13.0. The first-order valence-corrected chi connectivity index (χ1v) is 5.90. The van der Waals surface area contributed by atoms with Crippen LogP contribution in [0.5, 0.6) is 0 Å². The summed E-state index contributed by atoms with van der Waals surface area (Å²) < 4.78 is 0. The molecule has 0 aliphatic carbocycles. The molecule has 3 N–H and O–H groups in total. The molecule has 1 unspecified atom stereocenters. The van der Waals surface area contributed by atoms with E-state index < -0.39 is 0 Å². The number of amides is 2. The van der Waals surface area contributed by atoms with Crippen molar-refractivity contribution in [3.63, 3.8) is 0 Å². The van der Waals surface area contributed by atoms with Crippen molar-refractivity contribution in [2.24, 2.45) is 0 Å². The first kappa shape index (κ1) is 12.3. The van der Waals surface area contributed by atoms with Gasteiger partial charge in [-0.05, 0) is 12.5 Å². The molecular formula is C12H16N4O2. The molecular weight excluding hydrogens is 232 g/mol. The molecule has 0 saturated carbocycles. The summed E-state index contributed by atoms with van der Waals surface area (Å²) in [5.41, 5.74) is 1.24. The standard InChI is InChI=1S/C12H16N4O2/c1-13-10-7-14-5-4-9(10)12(18)15-6-8-2-3-11(17)16-8/h4-5,7-8,13H,2-3,6H2,1H3,(H,15,18)(H,16,17). The first-order chi connectivity index (χ1) is 8.70. The zero-order valence-electron chi connectivity index (χ0n) is 10.2. The maximum absolute atomic E-state index is 12.0. The van der Waals surface area contributed by atoms with E-state index >= 15 is 0 Å². The second-order valence-corrected chi connectivity index (χ2v) is 4.18. The Morgan fingerprint density at radius 1 is 1.61 bits per heavy atom. The van der Waals surface area contributed by atoms with Crippen LogP contribution in [0, 0.1) is 0 Å². The minimum absolute atomic E-state index is 0.0429. The van der Waals surface area contributed by atoms with Crippen LogP contribution in [-0.2, 0) is 4.79 Å². The van der Waals surface area contributed by atoms with Crippen molar-refractivity contribution in [3.05, 3.63) is 24.0 Å². The highest BCUT2D eigenvalue weighted by molar-refractivity contribution is 5.99. The van der Waals surface area contributed by atoms with Gasteiger partial charge in [0.2, 0.25) is 5.91 Å². The van der Waals surface area contributed by atoms with E-state index in [2.05, 4.69) is 20.9 Å². The minimum atomic E-state index is -0.164. The van der Waals surface area contributed by atoms with Gasteiger partial charge in [0, 0.05) is 32.3 Å². The van der Waals surface area contributed by atoms with Crippen molar-refractivity contribution in [2.75, 3.05) is 18.9 Å². The van der Waals surface area contributed by atoms with Gasteiger partial charge in [0.25, 0.3) is 5.91 Å². The SMILES string of the molecule is CNc1cnccc1C(=O)NCC1CCC(=O)N1. The van der Waals surface area contributed by atoms with Gasteiger partial charge in [-0.15, -0.1) is 0 Å². The van der Waals surface area contributed by atoms with Crippen LogP contribution in [0.15, 0.2) is 18.5 Å². The molecule has 1 saturated heterocycles. The van der Waals surface area contributed by atoms with Gasteiger partial charge < -0.3 is 16.0 Å². The summed E-state index contributed by atoms with van der Waals surface area (Å²) in [6.07, 6.45) is 4.49. The maximum atomic E-state index is 12.0. The molecule has 18 heavy (non-hydrogen) atoms. The molecule has 2 rings (SSSR count). The molecule has 1 aliphatic heterocycles. The topological polar surface area (TPSA) is 83.1 Å². The summed E-state index contributed by atoms with van der Waals surface area (Å²) in [6.45, 7) is 0.454. The fourth-order valence-corrected chi connectivity index (χ4v) is 1.93. The van der Waals surface area contributed by atoms with E-state index in [1.54, 1.807) is 25.5 Å². The quantitative estimate of drug-likeness (QED) is 0.707. The largest absolute Gasteiger partial charge is 0.386 e. The van der Waals surface area contributed by atoms with Gasteiger partial charge in [-0.2, -0.15) is 0 Å². The van der Waals surface area contributed by atoms with E-state index in [1.165, 1.54) is 0 Å². The predicted molar refractivity (Wildman–Crippen MR) is 67.3 cm³/mol. The summed E-state index contributed by atoms with van der Waals surface area (Å²) >= 11 is 0. The number of carbonyl (C=O) groups is 2. The Morgan fingerprint density at radius 2 is 2.44 bits per heavy atom. The molecule has 2 amide bonds. The molecule has 6 nitrogen and oxygen atoms in total. The Morgan fingerprint density at radius 3 is 3.11 bits per heavy atom. The van der Waals surface area contributed by atoms with Crippen molar-refractivity contribution in [1.82, 2.24) is 15.6 Å². The lowest BCUT2D eigenvalue weighted by Gasteiger charge is -2.12. The number of nitrogens with zero attached hydrogens (tertiary/aromatic N) is 1. The average Bonchev–Trinajstić information content (AvgIpc) is 2.81. The molecule has 96 valence electrons. The third kappa shape index (κ3) is 2.77. The Kier molecular flexibility index (Phi) is 3.76. The number of carbonyl (C=O) groups excluding carboxylic acids is 2. The van der Waals surface area contributed by atoms with Crippen LogP contribution >= 0.6 is 0 Å². The highest BCUT2D eigenvalue weighted by atomic mass is 16.2. The molecule has 0 bridgehead atoms. The summed E-state index contributed by atoms with van der Waals surface area (Å²) in [5.74, 6) is -0.114. The summed E-state index contributed by atoms with van der Waals surface area (Å²) in [7, 11) is 1.74. The van der Waals surface area contributed by atoms with Crippen LogP contribution < -0.4 is 16.0 Å². The number of aromatic nitrogens is 1. The van der Waals surface area contributed by atoms with Crippen molar-refractivity contribution < 1.29 is 9.59 Å². The summed E-state index contributed by atoms with van der Waals surface area (Å²) in [6, 6.07) is 1.70. The number of hydrogen-bond acceptors (Lipinski definition) is 4. The molecule has 1 aromatic rings. The predicted octanol–water partition coefficient (Wildman–Crippen LogP) is 0.132. The molecule has 1 aromatic heterocycles. The minimum Gasteiger partial charge on any atom is -0.386 e. The van der Waals surface area contributed by atoms with Crippen LogP contribution in [0.1, 0.15) is 23.2 Å². The highest BCUT2D eigenvalue weighted by Crippen LogP contribution is 2.12. The molecule has 2 heterocycles. The average molecular weight is 248 g/mol. The smallest absolute Gasteiger partial charge is 0.253 e. The Labute approximate surface area is 105 Å². The van der Waals surface area contributed by atoms with Gasteiger partial charge in [-0.1, -0.05) is 0 Å². The zero-order valence-corrected chi connectivity index (χ0v) is 10.2. The summed E-state index contributed by atoms with van der Waals surface area (Å²) in [4.78, 5) is 26.9. The Balaban J connectivity index is 1.93. The second kappa shape index (κ2) is 5.48. The monoisotopic (exact) mass is 248 g/mol. The lowest BCUT2D eigenvalue weighted by atomic mass is 10.2. The van der Waals surface area contributed by atoms with E-state index in [0.717, 1.165) is 6.42 Å². The number of rotatable bonds is 4. The fraction of sp³-hybridized carbons (Fsp3) is 0.417. The Bertz CT molecular complexity index is 461. The number of pyridine rings is 1. The summed E-state index contributed by atoms with van der Waals surface area (Å²) in [5, 5.41) is 8.54. The van der Waals surface area contributed by atoms with Crippen molar-refractivity contribution in [1.29, 1.82) is 0 Å². The van der Waals surface area contributed by atoms with E-state index in [4.69, 9.17) is 0 Å². The van der Waals surface area contributed by atoms with Crippen molar-refractivity contribution in [3.8, 4) is 0 Å². The highest BCUT2D eigenvalue weighted by Gasteiger charge is 2.21. The normalized spacial score (nSPS) is 18.3. The van der Waals surface area contributed by atoms with Gasteiger partial charge >= 0.3 is 0 Å². The molecule has 1 fully saturated rings. The van der Waals surface area contributed by atoms with E-state index in [0.29, 0.717) is 24.2 Å². The van der Waals surface area contributed by atoms with E-state index in [9.17, 15) is 9.59 Å². The maximum Gasteiger partial charge on any atom is 0.253 e. The molecule has 1 atom stereocenters. The van der Waals surface area contributed by atoms with Crippen molar-refractivity contribution >= 4 is 17.5 Å². The fourth-order valence-electron chi connectivity index (χ4n) is 1.93. The lowest BCUT2D eigenvalue weighted by Crippen LogP contribution is -2.38. The van der Waals surface area contributed by atoms with E-state index in [1.807, 2.05) is 0 Å². The Hall–Kier alpha value is -2.11. The number of anilines is 1. The van der Waals surface area contributed by atoms with Crippen LogP contribution in [0.3, 0.4) is 0 Å². The van der Waals surface area contributed by atoms with Gasteiger partial charge in [-0.25, -0.2) is 0 Å². The third-order valence-corrected chi connectivity index (χ3v) is 2.93. The van der Waals surface area contributed by atoms with Crippen LogP contribution in [0.4, 0.5) is 5.69 Å². The van der Waals surface area contributed by atoms with Crippen molar-refractivity contribution in [2.45, 2.75) is 18.9 Å². The third-order valence-electron chi connectivity index (χ3n) is 2.93. The van der Waals surface area contributed by atoms with E-state index in [-0.39, 0.29) is 17.9 Å². The molecule has 0 spiro atoms. The second-order valence-electron chi connectivity index (χ2n) is 4.18. The number of nitrogens with one attached hydrogen (secondary N) is 3. The van der Waals surface area contributed by atoms with Gasteiger partial charge in [0.1, 0.15) is 0 Å². The first-order valence-electron chi connectivity index (χ1n) is 5.90. The molecule has 1 aliphatic rings. The van der Waals surface area contributed by atoms with Crippen LogP contribution in [0.2, 0.25) is 0 Å². The molecule has 0 radical (unpaired) electrons. The lowest BCUT2D eigenvalue weighted by molar-refractivity contribution is -0.119. The molecule has 6 heteroatoms. The molecule has 0 aromatic carbocycles. The number of hydrogen-bond donors (Lipinski definition) is 3. The van der Waals surface area contributed by atoms with Gasteiger partial charge in [0.05, 0.1) is 17.4 Å². The van der Waals surface area contributed by atoms with Crippen LogP contribution in [-0.4, -0.2) is 36.4 Å². The van der Waals surface area contributed by atoms with Gasteiger partial charge in [0.15, 0.2) is 0 Å². The van der Waals surface area contributed by atoms with Crippen LogP contribution in [0.25, 0.3) is 0 Å².